The summed E-state index contributed by atoms with van der Waals surface area (Å²) in [7, 11) is 0. The Morgan fingerprint density at radius 1 is 1.25 bits per heavy atom. The van der Waals surface area contributed by atoms with Gasteiger partial charge in [-0.3, -0.25) is 14.4 Å². The molecule has 1 heterocycles. The molecule has 1 aromatic carbocycles. The number of carbonyl (C=O) groups is 3. The number of aliphatic carboxylic acids is 1. The highest BCUT2D eigenvalue weighted by molar-refractivity contribution is 7.99. The number of Topliss-reactive ketones (excluding diaryl/α,β-unsaturated/α-hetero) is 1. The van der Waals surface area contributed by atoms with Gasteiger partial charge in [0.25, 0.3) is 5.91 Å². The van der Waals surface area contributed by atoms with Crippen LogP contribution >= 0.6 is 11.8 Å². The number of hydrogen-bond acceptors (Lipinski definition) is 4. The molecule has 0 spiro atoms. The zero-order valence-electron chi connectivity index (χ0n) is 14.0. The second kappa shape index (κ2) is 7.66. The summed E-state index contributed by atoms with van der Waals surface area (Å²) in [6.45, 7) is 4.45. The third-order valence-electron chi connectivity index (χ3n) is 3.77. The van der Waals surface area contributed by atoms with Gasteiger partial charge in [0.15, 0.2) is 5.78 Å². The van der Waals surface area contributed by atoms with E-state index in [1.165, 1.54) is 11.8 Å². The third-order valence-corrected chi connectivity index (χ3v) is 4.70. The molecule has 24 heavy (non-hydrogen) atoms. The molecular formula is C18H21NO4S. The van der Waals surface area contributed by atoms with Gasteiger partial charge in [0.1, 0.15) is 5.37 Å². The number of benzene rings is 1. The van der Waals surface area contributed by atoms with Crippen molar-refractivity contribution in [3.8, 4) is 0 Å². The summed E-state index contributed by atoms with van der Waals surface area (Å²) in [5, 5.41) is 8.72. The molecule has 1 atom stereocenters. The highest BCUT2D eigenvalue weighted by Gasteiger charge is 2.42. The summed E-state index contributed by atoms with van der Waals surface area (Å²) in [4.78, 5) is 38.5. The van der Waals surface area contributed by atoms with Crippen molar-refractivity contribution in [2.45, 2.75) is 25.6 Å². The van der Waals surface area contributed by atoms with E-state index in [4.69, 9.17) is 5.11 Å². The van der Waals surface area contributed by atoms with Crippen LogP contribution in [0.3, 0.4) is 0 Å². The second-order valence-corrected chi connectivity index (χ2v) is 7.02. The highest BCUT2D eigenvalue weighted by atomic mass is 32.2. The van der Waals surface area contributed by atoms with Crippen LogP contribution in [0.1, 0.15) is 30.6 Å². The van der Waals surface area contributed by atoms with Crippen LogP contribution in [0.5, 0.6) is 0 Å². The molecule has 0 fully saturated rings. The normalized spacial score (nSPS) is 17.8. The first kappa shape index (κ1) is 18.3. The fourth-order valence-electron chi connectivity index (χ4n) is 2.83. The lowest BCUT2D eigenvalue weighted by Crippen LogP contribution is -2.37. The second-order valence-electron chi connectivity index (χ2n) is 6.10. The summed E-state index contributed by atoms with van der Waals surface area (Å²) >= 11 is 1.38. The van der Waals surface area contributed by atoms with Crippen LogP contribution in [0, 0.1) is 5.92 Å². The van der Waals surface area contributed by atoms with Crippen molar-refractivity contribution >= 4 is 29.4 Å². The first-order valence-corrected chi connectivity index (χ1v) is 9.04. The first-order chi connectivity index (χ1) is 11.4. The molecule has 128 valence electrons. The number of nitrogens with zero attached hydrogens (tertiary/aromatic N) is 1. The SMILES string of the molecule is CS[C@@H]1C(C(=O)c2ccccc2)=C(CC(=O)O)C(=O)N1CC(C)C. The van der Waals surface area contributed by atoms with Gasteiger partial charge in [-0.2, -0.15) is 0 Å². The molecule has 0 aromatic heterocycles. The molecule has 1 N–H and O–H groups in total. The number of carboxylic acids is 1. The molecule has 0 unspecified atom stereocenters. The van der Waals surface area contributed by atoms with E-state index in [-0.39, 0.29) is 23.2 Å². The number of thioether (sulfide) groups is 1. The minimum absolute atomic E-state index is 0.108. The number of rotatable bonds is 7. The van der Waals surface area contributed by atoms with Crippen molar-refractivity contribution in [1.29, 1.82) is 0 Å². The van der Waals surface area contributed by atoms with Crippen LogP contribution in [0.4, 0.5) is 0 Å². The predicted octanol–water partition coefficient (Wildman–Crippen LogP) is 2.83. The Kier molecular flexibility index (Phi) is 5.83. The van der Waals surface area contributed by atoms with E-state index in [1.54, 1.807) is 35.2 Å². The van der Waals surface area contributed by atoms with E-state index < -0.39 is 17.8 Å². The van der Waals surface area contributed by atoms with Gasteiger partial charge in [0.2, 0.25) is 0 Å². The predicted molar refractivity (Wildman–Crippen MR) is 93.9 cm³/mol. The van der Waals surface area contributed by atoms with E-state index in [0.29, 0.717) is 17.7 Å². The molecule has 6 heteroatoms. The molecule has 1 amide bonds. The molecule has 0 saturated carbocycles. The maximum absolute atomic E-state index is 12.9. The van der Waals surface area contributed by atoms with Gasteiger partial charge in [-0.15, -0.1) is 11.8 Å². The Morgan fingerprint density at radius 3 is 2.38 bits per heavy atom. The van der Waals surface area contributed by atoms with Gasteiger partial charge in [0.05, 0.1) is 6.42 Å². The maximum atomic E-state index is 12.9. The van der Waals surface area contributed by atoms with E-state index in [2.05, 4.69) is 0 Å². The highest BCUT2D eigenvalue weighted by Crippen LogP contribution is 2.36. The van der Waals surface area contributed by atoms with Crippen LogP contribution in [-0.4, -0.2) is 45.8 Å². The zero-order valence-corrected chi connectivity index (χ0v) is 14.8. The van der Waals surface area contributed by atoms with Crippen molar-refractivity contribution in [3.63, 3.8) is 0 Å². The van der Waals surface area contributed by atoms with Crippen LogP contribution < -0.4 is 0 Å². The van der Waals surface area contributed by atoms with Crippen molar-refractivity contribution in [1.82, 2.24) is 4.90 Å². The summed E-state index contributed by atoms with van der Waals surface area (Å²) in [6.07, 6.45) is 1.39. The fourth-order valence-corrected chi connectivity index (χ4v) is 3.75. The smallest absolute Gasteiger partial charge is 0.308 e. The zero-order chi connectivity index (χ0) is 17.9. The van der Waals surface area contributed by atoms with Gasteiger partial charge < -0.3 is 10.0 Å². The quantitative estimate of drug-likeness (QED) is 0.768. The Hall–Kier alpha value is -2.08. The van der Waals surface area contributed by atoms with Gasteiger partial charge in [0, 0.05) is 23.3 Å². The minimum Gasteiger partial charge on any atom is -0.481 e. The third kappa shape index (κ3) is 3.70. The van der Waals surface area contributed by atoms with Crippen LogP contribution in [0.25, 0.3) is 0 Å². The molecule has 5 nitrogen and oxygen atoms in total. The van der Waals surface area contributed by atoms with Crippen LogP contribution in [0.2, 0.25) is 0 Å². The minimum atomic E-state index is -1.11. The topological polar surface area (TPSA) is 74.7 Å². The largest absolute Gasteiger partial charge is 0.481 e. The first-order valence-electron chi connectivity index (χ1n) is 7.75. The molecular weight excluding hydrogens is 326 g/mol. The number of carboxylic acid groups (broad SMARTS) is 1. The molecule has 1 aromatic rings. The van der Waals surface area contributed by atoms with E-state index in [1.807, 2.05) is 20.1 Å². The Morgan fingerprint density at radius 2 is 1.88 bits per heavy atom. The number of hydrogen-bond donors (Lipinski definition) is 1. The average molecular weight is 347 g/mol. The molecule has 1 aliphatic heterocycles. The van der Waals surface area contributed by atoms with Gasteiger partial charge in [-0.05, 0) is 12.2 Å². The monoisotopic (exact) mass is 347 g/mol. The number of amides is 1. The fraction of sp³-hybridized carbons (Fsp3) is 0.389. The van der Waals surface area contributed by atoms with Gasteiger partial charge in [-0.25, -0.2) is 0 Å². The average Bonchev–Trinajstić information content (AvgIpc) is 2.79. The van der Waals surface area contributed by atoms with Crippen LogP contribution in [-0.2, 0) is 9.59 Å². The number of carbonyl (C=O) groups excluding carboxylic acids is 2. The summed E-state index contributed by atoms with van der Waals surface area (Å²) in [5.41, 5.74) is 0.881. The summed E-state index contributed by atoms with van der Waals surface area (Å²) < 4.78 is 0. The van der Waals surface area contributed by atoms with Gasteiger partial charge >= 0.3 is 5.97 Å². The van der Waals surface area contributed by atoms with E-state index in [0.717, 1.165) is 0 Å². The van der Waals surface area contributed by atoms with Crippen molar-refractivity contribution < 1.29 is 19.5 Å². The van der Waals surface area contributed by atoms with Crippen molar-refractivity contribution in [2.75, 3.05) is 12.8 Å². The Labute approximate surface area is 145 Å². The Bertz CT molecular complexity index is 682. The molecule has 2 rings (SSSR count). The van der Waals surface area contributed by atoms with Gasteiger partial charge in [-0.1, -0.05) is 44.2 Å². The summed E-state index contributed by atoms with van der Waals surface area (Å²) in [6, 6.07) is 8.67. The van der Waals surface area contributed by atoms with Crippen molar-refractivity contribution in [3.05, 3.63) is 47.0 Å². The lowest BCUT2D eigenvalue weighted by Gasteiger charge is -2.27. The molecule has 0 aliphatic carbocycles. The lowest BCUT2D eigenvalue weighted by molar-refractivity contribution is -0.137. The molecule has 0 radical (unpaired) electrons. The maximum Gasteiger partial charge on any atom is 0.308 e. The molecule has 1 aliphatic rings. The lowest BCUT2D eigenvalue weighted by atomic mass is 9.98. The van der Waals surface area contributed by atoms with Crippen LogP contribution in [0.15, 0.2) is 41.5 Å². The van der Waals surface area contributed by atoms with E-state index >= 15 is 0 Å². The van der Waals surface area contributed by atoms with Crippen molar-refractivity contribution in [2.24, 2.45) is 5.92 Å². The molecule has 0 saturated heterocycles. The number of ketones is 1. The summed E-state index contributed by atoms with van der Waals surface area (Å²) in [5.74, 6) is -1.50. The molecule has 0 bridgehead atoms. The standard InChI is InChI=1S/C18H21NO4S/c1-11(2)10-19-17(23)13(9-14(20)21)15(18(19)24-3)16(22)12-7-5-4-6-8-12/h4-8,11,18H,9-10H2,1-3H3,(H,20,21)/t18-/m1/s1. The van der Waals surface area contributed by atoms with E-state index in [9.17, 15) is 14.4 Å². The Balaban J connectivity index is 2.50.